The fourth-order valence-corrected chi connectivity index (χ4v) is 6.20. The molecular weight excluding hydrogens is 480 g/mol. The van der Waals surface area contributed by atoms with E-state index in [0.717, 1.165) is 32.4 Å². The minimum atomic E-state index is -3.19. The molecule has 34 heavy (non-hydrogen) atoms. The smallest absolute Gasteiger partial charge is 0.255 e. The zero-order valence-corrected chi connectivity index (χ0v) is 22.0. The molecule has 0 radical (unpaired) electrons. The van der Waals surface area contributed by atoms with E-state index < -0.39 is 10.0 Å². The second-order valence-corrected chi connectivity index (χ2v) is 12.3. The third-order valence-electron chi connectivity index (χ3n) is 6.87. The molecule has 11 heteroatoms. The summed E-state index contributed by atoms with van der Waals surface area (Å²) in [4.78, 5) is 15.3. The van der Waals surface area contributed by atoms with Crippen molar-refractivity contribution in [1.29, 1.82) is 0 Å². The monoisotopic (exact) mass is 516 g/mol. The van der Waals surface area contributed by atoms with Gasteiger partial charge < -0.3 is 25.4 Å². The van der Waals surface area contributed by atoms with Crippen LogP contribution < -0.4 is 15.8 Å². The van der Waals surface area contributed by atoms with Crippen LogP contribution in [0.5, 0.6) is 5.75 Å². The summed E-state index contributed by atoms with van der Waals surface area (Å²) in [6.07, 6.45) is 2.31. The molecule has 2 atom stereocenters. The number of carbonyl (C=O) groups is 1. The van der Waals surface area contributed by atoms with Crippen LogP contribution >= 0.6 is 11.6 Å². The zero-order valence-electron chi connectivity index (χ0n) is 20.4. The van der Waals surface area contributed by atoms with Gasteiger partial charge in [0.05, 0.1) is 40.8 Å². The SMILES string of the molecule is COc1cc(N)c(Cl)cc1C(=O)N[C@@H]1CCN(CC2CCN(S(=O)(=O)C(C)C)CC2)C[C@@H]1OC. The fourth-order valence-electron chi connectivity index (χ4n) is 4.72. The van der Waals surface area contributed by atoms with E-state index in [9.17, 15) is 13.2 Å². The minimum Gasteiger partial charge on any atom is -0.496 e. The van der Waals surface area contributed by atoms with Crippen molar-refractivity contribution >= 4 is 33.2 Å². The molecule has 2 saturated heterocycles. The first kappa shape index (κ1) is 27.0. The molecule has 2 aliphatic heterocycles. The van der Waals surface area contributed by atoms with E-state index in [1.165, 1.54) is 13.2 Å². The predicted molar refractivity (Wildman–Crippen MR) is 134 cm³/mol. The van der Waals surface area contributed by atoms with Crippen LogP contribution in [0, 0.1) is 5.92 Å². The highest BCUT2D eigenvalue weighted by atomic mass is 35.5. The van der Waals surface area contributed by atoms with Gasteiger partial charge in [0, 0.05) is 45.9 Å². The van der Waals surface area contributed by atoms with Gasteiger partial charge in [-0.3, -0.25) is 4.79 Å². The number of anilines is 1. The Balaban J connectivity index is 1.55. The lowest BCUT2D eigenvalue weighted by Crippen LogP contribution is -2.55. The van der Waals surface area contributed by atoms with Gasteiger partial charge in [0.15, 0.2) is 0 Å². The van der Waals surface area contributed by atoms with Crippen molar-refractivity contribution in [2.45, 2.75) is 50.5 Å². The number of sulfonamides is 1. The van der Waals surface area contributed by atoms with Crippen molar-refractivity contribution < 1.29 is 22.7 Å². The normalized spacial score (nSPS) is 23.2. The maximum atomic E-state index is 13.0. The number of nitrogens with two attached hydrogens (primary N) is 1. The third kappa shape index (κ3) is 6.15. The van der Waals surface area contributed by atoms with Gasteiger partial charge in [-0.25, -0.2) is 12.7 Å². The Kier molecular flexibility index (Phi) is 9.08. The summed E-state index contributed by atoms with van der Waals surface area (Å²) in [5.74, 6) is 0.540. The van der Waals surface area contributed by atoms with Crippen LogP contribution in [-0.2, 0) is 14.8 Å². The molecule has 0 unspecified atom stereocenters. The van der Waals surface area contributed by atoms with E-state index >= 15 is 0 Å². The van der Waals surface area contributed by atoms with Crippen LogP contribution in [0.15, 0.2) is 12.1 Å². The standard InChI is InChI=1S/C23H37ClN4O5S/c1-15(2)34(30,31)28-9-5-16(6-10-28)13-27-8-7-20(22(14-27)33-4)26-23(29)17-11-18(24)19(25)12-21(17)32-3/h11-12,15-16,20,22H,5-10,13-14,25H2,1-4H3,(H,26,29)/t20-,22+/m1/s1. The number of hydrogen-bond acceptors (Lipinski definition) is 7. The first-order valence-electron chi connectivity index (χ1n) is 11.7. The summed E-state index contributed by atoms with van der Waals surface area (Å²) >= 11 is 6.12. The number of carbonyl (C=O) groups excluding carboxylic acids is 1. The Labute approximate surface area is 207 Å². The molecule has 192 valence electrons. The quantitative estimate of drug-likeness (QED) is 0.509. The molecular formula is C23H37ClN4O5S. The summed E-state index contributed by atoms with van der Waals surface area (Å²) in [6.45, 7) is 7.05. The highest BCUT2D eigenvalue weighted by molar-refractivity contribution is 7.89. The number of methoxy groups -OCH3 is 2. The first-order valence-corrected chi connectivity index (χ1v) is 13.6. The number of piperidine rings is 2. The van der Waals surface area contributed by atoms with Crippen molar-refractivity contribution in [3.63, 3.8) is 0 Å². The lowest BCUT2D eigenvalue weighted by molar-refractivity contribution is -0.000150. The Morgan fingerprint density at radius 2 is 1.88 bits per heavy atom. The summed E-state index contributed by atoms with van der Waals surface area (Å²) in [7, 11) is -0.0451. The predicted octanol–water partition coefficient (Wildman–Crippen LogP) is 2.20. The summed E-state index contributed by atoms with van der Waals surface area (Å²) in [5, 5.41) is 2.99. The van der Waals surface area contributed by atoms with Gasteiger partial charge in [-0.15, -0.1) is 0 Å². The molecule has 1 aromatic carbocycles. The largest absolute Gasteiger partial charge is 0.496 e. The molecule has 1 amide bonds. The summed E-state index contributed by atoms with van der Waals surface area (Å²) < 4.78 is 37.5. The number of hydrogen-bond donors (Lipinski definition) is 2. The topological polar surface area (TPSA) is 114 Å². The second-order valence-electron chi connectivity index (χ2n) is 9.41. The molecule has 0 spiro atoms. The molecule has 0 aromatic heterocycles. The third-order valence-corrected chi connectivity index (χ3v) is 9.48. The van der Waals surface area contributed by atoms with Crippen LogP contribution in [0.2, 0.25) is 5.02 Å². The number of amides is 1. The van der Waals surface area contributed by atoms with Crippen molar-refractivity contribution in [3.05, 3.63) is 22.7 Å². The molecule has 9 nitrogen and oxygen atoms in total. The number of nitrogens with one attached hydrogen (secondary N) is 1. The molecule has 1 aromatic rings. The Hall–Kier alpha value is -1.59. The van der Waals surface area contributed by atoms with Gasteiger partial charge >= 0.3 is 0 Å². The van der Waals surface area contributed by atoms with Gasteiger partial charge in [-0.05, 0) is 45.1 Å². The molecule has 0 saturated carbocycles. The molecule has 2 fully saturated rings. The van der Waals surface area contributed by atoms with Gasteiger partial charge in [0.1, 0.15) is 5.75 Å². The van der Waals surface area contributed by atoms with Crippen LogP contribution in [0.1, 0.15) is 43.5 Å². The Bertz CT molecular complexity index is 966. The van der Waals surface area contributed by atoms with Gasteiger partial charge in [0.25, 0.3) is 5.91 Å². The molecule has 0 bridgehead atoms. The lowest BCUT2D eigenvalue weighted by atomic mass is 9.94. The molecule has 0 aliphatic carbocycles. The van der Waals surface area contributed by atoms with E-state index in [0.29, 0.717) is 47.6 Å². The molecule has 3 rings (SSSR count). The summed E-state index contributed by atoms with van der Waals surface area (Å²) in [6, 6.07) is 2.92. The van der Waals surface area contributed by atoms with Crippen LogP contribution in [0.25, 0.3) is 0 Å². The van der Waals surface area contributed by atoms with Crippen molar-refractivity contribution in [3.8, 4) is 5.75 Å². The number of halogens is 1. The highest BCUT2D eigenvalue weighted by Crippen LogP contribution is 2.29. The number of nitrogens with zero attached hydrogens (tertiary/aromatic N) is 2. The van der Waals surface area contributed by atoms with E-state index in [4.69, 9.17) is 26.8 Å². The van der Waals surface area contributed by atoms with Gasteiger partial charge in [0.2, 0.25) is 10.0 Å². The number of likely N-dealkylation sites (tertiary alicyclic amines) is 1. The lowest BCUT2D eigenvalue weighted by Gasteiger charge is -2.41. The fraction of sp³-hybridized carbons (Fsp3) is 0.696. The van der Waals surface area contributed by atoms with E-state index in [1.54, 1.807) is 31.3 Å². The van der Waals surface area contributed by atoms with Crippen molar-refractivity contribution in [2.24, 2.45) is 5.92 Å². The minimum absolute atomic E-state index is 0.146. The van der Waals surface area contributed by atoms with Crippen LogP contribution in [-0.4, -0.2) is 87.9 Å². The average molecular weight is 517 g/mol. The van der Waals surface area contributed by atoms with Crippen LogP contribution in [0.4, 0.5) is 5.69 Å². The van der Waals surface area contributed by atoms with Crippen molar-refractivity contribution in [2.75, 3.05) is 52.7 Å². The zero-order chi connectivity index (χ0) is 25.0. The highest BCUT2D eigenvalue weighted by Gasteiger charge is 2.34. The number of nitrogen functional groups attached to an aromatic ring is 1. The first-order chi connectivity index (χ1) is 16.1. The Morgan fingerprint density at radius 3 is 2.47 bits per heavy atom. The maximum Gasteiger partial charge on any atom is 0.255 e. The molecule has 2 aliphatic rings. The number of rotatable bonds is 8. The van der Waals surface area contributed by atoms with Gasteiger partial charge in [-0.2, -0.15) is 0 Å². The molecule has 3 N–H and O–H groups in total. The van der Waals surface area contributed by atoms with E-state index in [1.807, 2.05) is 0 Å². The second kappa shape index (κ2) is 11.4. The Morgan fingerprint density at radius 1 is 1.21 bits per heavy atom. The maximum absolute atomic E-state index is 13.0. The van der Waals surface area contributed by atoms with Crippen LogP contribution in [0.3, 0.4) is 0 Å². The van der Waals surface area contributed by atoms with Gasteiger partial charge in [-0.1, -0.05) is 11.6 Å². The van der Waals surface area contributed by atoms with Crippen molar-refractivity contribution in [1.82, 2.24) is 14.5 Å². The van der Waals surface area contributed by atoms with E-state index in [-0.39, 0.29) is 23.3 Å². The average Bonchev–Trinajstić information content (AvgIpc) is 2.81. The number of ether oxygens (including phenoxy) is 2. The summed E-state index contributed by atoms with van der Waals surface area (Å²) in [5.41, 5.74) is 6.51. The number of benzene rings is 1. The van der Waals surface area contributed by atoms with E-state index in [2.05, 4.69) is 10.2 Å². The molecule has 2 heterocycles.